The van der Waals surface area contributed by atoms with Crippen LogP contribution in [0.2, 0.25) is 0 Å². The van der Waals surface area contributed by atoms with E-state index in [9.17, 15) is 14.4 Å². The highest BCUT2D eigenvalue weighted by Gasteiger charge is 2.19. The number of para-hydroxylation sites is 1. The number of urea groups is 1. The van der Waals surface area contributed by atoms with Gasteiger partial charge in [-0.2, -0.15) is 0 Å². The highest BCUT2D eigenvalue weighted by Crippen LogP contribution is 2.13. The van der Waals surface area contributed by atoms with E-state index in [0.717, 1.165) is 11.3 Å². The molecule has 0 aromatic heterocycles. The van der Waals surface area contributed by atoms with Crippen molar-refractivity contribution in [1.29, 1.82) is 0 Å². The Morgan fingerprint density at radius 2 is 1.79 bits per heavy atom. The van der Waals surface area contributed by atoms with Crippen molar-refractivity contribution in [3.63, 3.8) is 0 Å². The first-order valence-electron chi connectivity index (χ1n) is 9.00. The summed E-state index contributed by atoms with van der Waals surface area (Å²) in [6.07, 6.45) is -0.512. The second-order valence-corrected chi connectivity index (χ2v) is 6.21. The number of anilines is 1. The number of nitrogens with one attached hydrogen (secondary N) is 2. The molecule has 0 saturated heterocycles. The zero-order chi connectivity index (χ0) is 20.4. The minimum Gasteiger partial charge on any atom is -0.494 e. The first-order chi connectivity index (χ1) is 13.4. The monoisotopic (exact) mass is 384 g/mol. The summed E-state index contributed by atoms with van der Waals surface area (Å²) >= 11 is 0. The van der Waals surface area contributed by atoms with Gasteiger partial charge in [-0.1, -0.05) is 30.3 Å². The van der Waals surface area contributed by atoms with Crippen LogP contribution in [-0.2, 0) is 14.3 Å². The van der Waals surface area contributed by atoms with Crippen LogP contribution in [-0.4, -0.2) is 30.6 Å². The fourth-order valence-corrected chi connectivity index (χ4v) is 2.32. The molecule has 0 bridgehead atoms. The molecule has 1 atom stereocenters. The molecule has 0 saturated carbocycles. The Morgan fingerprint density at radius 3 is 2.50 bits per heavy atom. The van der Waals surface area contributed by atoms with Crippen LogP contribution in [0.3, 0.4) is 0 Å². The van der Waals surface area contributed by atoms with E-state index in [2.05, 4.69) is 10.6 Å². The van der Waals surface area contributed by atoms with Gasteiger partial charge in [-0.05, 0) is 50.1 Å². The van der Waals surface area contributed by atoms with Gasteiger partial charge in [-0.3, -0.25) is 14.9 Å². The number of hydrogen-bond acceptors (Lipinski definition) is 5. The first kappa shape index (κ1) is 21.0. The molecule has 0 aliphatic carbocycles. The molecule has 0 aliphatic rings. The Bertz CT molecular complexity index is 807. The molecule has 2 aromatic rings. The van der Waals surface area contributed by atoms with Gasteiger partial charge in [0.15, 0.2) is 6.10 Å². The number of carbonyl (C=O) groups is 3. The maximum Gasteiger partial charge on any atom is 0.325 e. The molecule has 2 N–H and O–H groups in total. The largest absolute Gasteiger partial charge is 0.494 e. The molecule has 2 aromatic carbocycles. The fraction of sp³-hybridized carbons (Fsp3) is 0.286. The minimum atomic E-state index is -1.08. The van der Waals surface area contributed by atoms with Crippen molar-refractivity contribution >= 4 is 23.6 Å². The van der Waals surface area contributed by atoms with Crippen LogP contribution < -0.4 is 15.4 Å². The molecule has 0 aliphatic heterocycles. The SMILES string of the molecule is Cc1cccc(OCCCC(=O)OC(C)C(=O)NC(=O)Nc2ccccc2)c1. The van der Waals surface area contributed by atoms with Crippen molar-refractivity contribution < 1.29 is 23.9 Å². The molecule has 28 heavy (non-hydrogen) atoms. The van der Waals surface area contributed by atoms with Crippen molar-refractivity contribution in [2.75, 3.05) is 11.9 Å². The van der Waals surface area contributed by atoms with E-state index in [1.165, 1.54) is 6.92 Å². The van der Waals surface area contributed by atoms with Crippen LogP contribution in [0.4, 0.5) is 10.5 Å². The third kappa shape index (κ3) is 7.49. The number of carbonyl (C=O) groups excluding carboxylic acids is 3. The molecule has 0 heterocycles. The van der Waals surface area contributed by atoms with Crippen LogP contribution in [0.15, 0.2) is 54.6 Å². The van der Waals surface area contributed by atoms with Crippen LogP contribution in [0.25, 0.3) is 0 Å². The second kappa shape index (κ2) is 10.7. The molecule has 0 spiro atoms. The quantitative estimate of drug-likeness (QED) is 0.537. The molecule has 7 heteroatoms. The Balaban J connectivity index is 1.65. The summed E-state index contributed by atoms with van der Waals surface area (Å²) in [5.41, 5.74) is 1.64. The normalized spacial score (nSPS) is 11.2. The molecule has 3 amide bonds. The van der Waals surface area contributed by atoms with Gasteiger partial charge >= 0.3 is 12.0 Å². The zero-order valence-corrected chi connectivity index (χ0v) is 15.9. The van der Waals surface area contributed by atoms with Crippen LogP contribution in [0, 0.1) is 6.92 Å². The lowest BCUT2D eigenvalue weighted by Crippen LogP contribution is -2.41. The molecule has 1 unspecified atom stereocenters. The van der Waals surface area contributed by atoms with Crippen molar-refractivity contribution in [3.05, 3.63) is 60.2 Å². The summed E-state index contributed by atoms with van der Waals surface area (Å²) in [5, 5.41) is 4.65. The van der Waals surface area contributed by atoms with Gasteiger partial charge in [0.1, 0.15) is 5.75 Å². The number of rotatable bonds is 8. The van der Waals surface area contributed by atoms with Gasteiger partial charge in [0.05, 0.1) is 6.61 Å². The van der Waals surface area contributed by atoms with Crippen molar-refractivity contribution in [2.45, 2.75) is 32.8 Å². The predicted octanol–water partition coefficient (Wildman–Crippen LogP) is 3.43. The van der Waals surface area contributed by atoms with Gasteiger partial charge in [-0.15, -0.1) is 0 Å². The lowest BCUT2D eigenvalue weighted by Gasteiger charge is -2.13. The van der Waals surface area contributed by atoms with Crippen LogP contribution >= 0.6 is 0 Å². The average molecular weight is 384 g/mol. The number of esters is 1. The van der Waals surface area contributed by atoms with E-state index in [4.69, 9.17) is 9.47 Å². The third-order valence-electron chi connectivity index (χ3n) is 3.73. The number of ether oxygens (including phenoxy) is 2. The van der Waals surface area contributed by atoms with E-state index >= 15 is 0 Å². The van der Waals surface area contributed by atoms with E-state index in [-0.39, 0.29) is 6.42 Å². The maximum atomic E-state index is 12.0. The number of hydrogen-bond donors (Lipinski definition) is 2. The number of imide groups is 1. The van der Waals surface area contributed by atoms with E-state index in [1.54, 1.807) is 24.3 Å². The van der Waals surface area contributed by atoms with Gasteiger partial charge in [0.25, 0.3) is 5.91 Å². The molecular formula is C21H24N2O5. The summed E-state index contributed by atoms with van der Waals surface area (Å²) in [5.74, 6) is -0.484. The maximum absolute atomic E-state index is 12.0. The summed E-state index contributed by atoms with van der Waals surface area (Å²) in [4.78, 5) is 35.6. The van der Waals surface area contributed by atoms with Crippen LogP contribution in [0.5, 0.6) is 5.75 Å². The van der Waals surface area contributed by atoms with Crippen molar-refractivity contribution in [3.8, 4) is 5.75 Å². The Kier molecular flexibility index (Phi) is 8.02. The highest BCUT2D eigenvalue weighted by atomic mass is 16.5. The summed E-state index contributed by atoms with van der Waals surface area (Å²) < 4.78 is 10.6. The Labute approximate surface area is 164 Å². The summed E-state index contributed by atoms with van der Waals surface area (Å²) in [6.45, 7) is 3.74. The van der Waals surface area contributed by atoms with Gasteiger partial charge < -0.3 is 14.8 Å². The summed E-state index contributed by atoms with van der Waals surface area (Å²) in [6, 6.07) is 15.6. The molecule has 0 radical (unpaired) electrons. The molecule has 148 valence electrons. The fourth-order valence-electron chi connectivity index (χ4n) is 2.32. The first-order valence-corrected chi connectivity index (χ1v) is 9.00. The third-order valence-corrected chi connectivity index (χ3v) is 3.73. The Morgan fingerprint density at radius 1 is 1.04 bits per heavy atom. The van der Waals surface area contributed by atoms with E-state index < -0.39 is 24.0 Å². The smallest absolute Gasteiger partial charge is 0.325 e. The van der Waals surface area contributed by atoms with E-state index in [1.807, 2.05) is 37.3 Å². The van der Waals surface area contributed by atoms with Crippen LogP contribution in [0.1, 0.15) is 25.3 Å². The van der Waals surface area contributed by atoms with Gasteiger partial charge in [0.2, 0.25) is 0 Å². The molecule has 0 fully saturated rings. The Hall–Kier alpha value is -3.35. The number of amides is 3. The van der Waals surface area contributed by atoms with E-state index in [0.29, 0.717) is 18.7 Å². The summed E-state index contributed by atoms with van der Waals surface area (Å²) in [7, 11) is 0. The second-order valence-electron chi connectivity index (χ2n) is 6.21. The average Bonchev–Trinajstić information content (AvgIpc) is 2.66. The topological polar surface area (TPSA) is 93.7 Å². The zero-order valence-electron chi connectivity index (χ0n) is 15.9. The van der Waals surface area contributed by atoms with Gasteiger partial charge in [0, 0.05) is 12.1 Å². The molecular weight excluding hydrogens is 360 g/mol. The number of aryl methyl sites for hydroxylation is 1. The lowest BCUT2D eigenvalue weighted by atomic mass is 10.2. The van der Waals surface area contributed by atoms with Crippen molar-refractivity contribution in [2.24, 2.45) is 0 Å². The molecule has 2 rings (SSSR count). The predicted molar refractivity (Wildman–Crippen MR) is 105 cm³/mol. The number of benzene rings is 2. The minimum absolute atomic E-state index is 0.111. The standard InChI is InChI=1S/C21H24N2O5/c1-15-8-6-11-18(14-15)27-13-7-12-19(24)28-16(2)20(25)23-21(26)22-17-9-4-3-5-10-17/h3-6,8-11,14,16H,7,12-13H2,1-2H3,(H2,22,23,25,26). The molecule has 7 nitrogen and oxygen atoms in total. The van der Waals surface area contributed by atoms with Crippen molar-refractivity contribution in [1.82, 2.24) is 5.32 Å². The lowest BCUT2D eigenvalue weighted by molar-refractivity contribution is -0.154. The van der Waals surface area contributed by atoms with Gasteiger partial charge in [-0.25, -0.2) is 4.79 Å². The highest BCUT2D eigenvalue weighted by molar-refractivity contribution is 6.02.